The van der Waals surface area contributed by atoms with Crippen molar-refractivity contribution < 1.29 is 18.0 Å². The number of aromatic nitrogens is 1. The summed E-state index contributed by atoms with van der Waals surface area (Å²) in [7, 11) is 1.72. The lowest BCUT2D eigenvalue weighted by atomic mass is 10.00. The molecule has 0 N–H and O–H groups in total. The Balaban J connectivity index is 0.000000758. The molecular formula is C20H27F3N2O. The number of carbonyl (C=O) groups is 1. The van der Waals surface area contributed by atoms with Gasteiger partial charge in [-0.25, -0.2) is 0 Å². The number of amides is 1. The van der Waals surface area contributed by atoms with Crippen LogP contribution in [0.15, 0.2) is 24.3 Å². The lowest BCUT2D eigenvalue weighted by Gasteiger charge is -2.31. The Kier molecular flexibility index (Phi) is 6.37. The number of carbonyl (C=O) groups excluding carboxylic acids is 1. The maximum atomic E-state index is 12.8. The minimum absolute atomic E-state index is 0.108. The zero-order valence-corrected chi connectivity index (χ0v) is 15.9. The molecule has 0 unspecified atom stereocenters. The minimum Gasteiger partial charge on any atom is -0.340 e. The Morgan fingerprint density at radius 3 is 2.46 bits per heavy atom. The Bertz CT molecular complexity index is 764. The maximum Gasteiger partial charge on any atom is 0.416 e. The van der Waals surface area contributed by atoms with Crippen LogP contribution in [0.4, 0.5) is 13.2 Å². The SMILES string of the molecule is CCC.C[C@H]1CCCN(C(=O)c2cc3cc(C(F)(F)F)ccc3n2C)C1. The molecule has 0 aliphatic carbocycles. The van der Waals surface area contributed by atoms with Gasteiger partial charge in [0.15, 0.2) is 0 Å². The van der Waals surface area contributed by atoms with Gasteiger partial charge in [-0.05, 0) is 43.0 Å². The summed E-state index contributed by atoms with van der Waals surface area (Å²) in [6.45, 7) is 7.77. The van der Waals surface area contributed by atoms with Crippen LogP contribution in [0.25, 0.3) is 10.9 Å². The lowest BCUT2D eigenvalue weighted by Crippen LogP contribution is -2.39. The number of benzene rings is 1. The highest BCUT2D eigenvalue weighted by molar-refractivity contribution is 5.99. The number of halogens is 3. The molecule has 0 bridgehead atoms. The van der Waals surface area contributed by atoms with Crippen molar-refractivity contribution >= 4 is 16.8 Å². The predicted molar refractivity (Wildman–Crippen MR) is 98.2 cm³/mol. The summed E-state index contributed by atoms with van der Waals surface area (Å²) in [6, 6.07) is 5.14. The van der Waals surface area contributed by atoms with Crippen LogP contribution in [0.2, 0.25) is 0 Å². The van der Waals surface area contributed by atoms with Crippen LogP contribution in [0.1, 0.15) is 56.1 Å². The molecule has 2 heterocycles. The van der Waals surface area contributed by atoms with Gasteiger partial charge in [-0.1, -0.05) is 27.2 Å². The fourth-order valence-electron chi connectivity index (χ4n) is 3.27. The summed E-state index contributed by atoms with van der Waals surface area (Å²) in [4.78, 5) is 14.5. The molecule has 1 aromatic heterocycles. The van der Waals surface area contributed by atoms with Gasteiger partial charge in [0.05, 0.1) is 5.56 Å². The Hall–Kier alpha value is -1.98. The molecule has 2 aromatic rings. The van der Waals surface area contributed by atoms with Crippen molar-refractivity contribution in [3.63, 3.8) is 0 Å². The normalized spacial score (nSPS) is 17.8. The van der Waals surface area contributed by atoms with Crippen LogP contribution in [0.3, 0.4) is 0 Å². The Labute approximate surface area is 152 Å². The number of fused-ring (bicyclic) bond motifs is 1. The van der Waals surface area contributed by atoms with Crippen LogP contribution >= 0.6 is 0 Å². The van der Waals surface area contributed by atoms with E-state index < -0.39 is 11.7 Å². The molecule has 6 heteroatoms. The molecule has 0 saturated carbocycles. The summed E-state index contributed by atoms with van der Waals surface area (Å²) >= 11 is 0. The van der Waals surface area contributed by atoms with Crippen molar-refractivity contribution in [1.82, 2.24) is 9.47 Å². The highest BCUT2D eigenvalue weighted by Crippen LogP contribution is 2.32. The molecule has 0 spiro atoms. The molecule has 3 nitrogen and oxygen atoms in total. The lowest BCUT2D eigenvalue weighted by molar-refractivity contribution is -0.137. The number of hydrogen-bond acceptors (Lipinski definition) is 1. The van der Waals surface area contributed by atoms with Crippen LogP contribution in [-0.2, 0) is 13.2 Å². The number of piperidine rings is 1. The summed E-state index contributed by atoms with van der Waals surface area (Å²) in [5, 5.41) is 0.440. The van der Waals surface area contributed by atoms with Crippen LogP contribution in [0, 0.1) is 5.92 Å². The molecule has 3 rings (SSSR count). The topological polar surface area (TPSA) is 25.2 Å². The Morgan fingerprint density at radius 2 is 1.88 bits per heavy atom. The fourth-order valence-corrected chi connectivity index (χ4v) is 3.27. The average Bonchev–Trinajstić information content (AvgIpc) is 2.90. The molecule has 144 valence electrons. The van der Waals surface area contributed by atoms with Gasteiger partial charge in [0.2, 0.25) is 0 Å². The zero-order chi connectivity index (χ0) is 19.5. The summed E-state index contributed by atoms with van der Waals surface area (Å²) in [5.41, 5.74) is 0.376. The smallest absolute Gasteiger partial charge is 0.340 e. The molecule has 1 aliphatic rings. The number of rotatable bonds is 1. The third-order valence-corrected chi connectivity index (χ3v) is 4.53. The molecule has 0 radical (unpaired) electrons. The van der Waals surface area contributed by atoms with Crippen molar-refractivity contribution in [3.8, 4) is 0 Å². The molecule has 1 amide bonds. The monoisotopic (exact) mass is 368 g/mol. The molecule has 1 fully saturated rings. The van der Waals surface area contributed by atoms with Gasteiger partial charge >= 0.3 is 6.18 Å². The van der Waals surface area contributed by atoms with Crippen LogP contribution in [0.5, 0.6) is 0 Å². The van der Waals surface area contributed by atoms with Gasteiger partial charge < -0.3 is 9.47 Å². The van der Waals surface area contributed by atoms with E-state index in [1.54, 1.807) is 22.6 Å². The minimum atomic E-state index is -4.38. The molecule has 1 atom stereocenters. The van der Waals surface area contributed by atoms with E-state index in [4.69, 9.17) is 0 Å². The van der Waals surface area contributed by atoms with Gasteiger partial charge in [0, 0.05) is 31.0 Å². The summed E-state index contributed by atoms with van der Waals surface area (Å²) < 4.78 is 40.2. The standard InChI is InChI=1S/C17H19F3N2O.C3H8/c1-11-4-3-7-22(10-11)16(23)15-9-12-8-13(17(18,19)20)5-6-14(12)21(15)2;1-3-2/h5-6,8-9,11H,3-4,7,10H2,1-2H3;3H2,1-2H3/t11-;/m0./s1. The van der Waals surface area contributed by atoms with Gasteiger partial charge in [-0.3, -0.25) is 4.79 Å². The molecule has 1 aromatic carbocycles. The third kappa shape index (κ3) is 4.40. The first kappa shape index (κ1) is 20.3. The van der Waals surface area contributed by atoms with Crippen LogP contribution < -0.4 is 0 Å². The Morgan fingerprint density at radius 1 is 1.23 bits per heavy atom. The van der Waals surface area contributed by atoms with E-state index in [0.717, 1.165) is 25.0 Å². The molecule has 26 heavy (non-hydrogen) atoms. The van der Waals surface area contributed by atoms with E-state index in [9.17, 15) is 18.0 Å². The van der Waals surface area contributed by atoms with E-state index in [1.807, 2.05) is 0 Å². The van der Waals surface area contributed by atoms with Crippen molar-refractivity contribution in [3.05, 3.63) is 35.5 Å². The third-order valence-electron chi connectivity index (χ3n) is 4.53. The summed E-state index contributed by atoms with van der Waals surface area (Å²) in [6.07, 6.45) is -1.06. The second kappa shape index (κ2) is 8.14. The maximum absolute atomic E-state index is 12.8. The second-order valence-electron chi connectivity index (χ2n) is 7.07. The van der Waals surface area contributed by atoms with Gasteiger partial charge in [0.25, 0.3) is 5.91 Å². The molecule has 1 saturated heterocycles. The number of aryl methyl sites for hydroxylation is 1. The fraction of sp³-hybridized carbons (Fsp3) is 0.550. The highest BCUT2D eigenvalue weighted by atomic mass is 19.4. The van der Waals surface area contributed by atoms with Gasteiger partial charge in [-0.15, -0.1) is 0 Å². The van der Waals surface area contributed by atoms with E-state index in [0.29, 0.717) is 35.6 Å². The van der Waals surface area contributed by atoms with Crippen LogP contribution in [-0.4, -0.2) is 28.5 Å². The number of nitrogens with zero attached hydrogens (tertiary/aromatic N) is 2. The highest BCUT2D eigenvalue weighted by Gasteiger charge is 2.31. The van der Waals surface area contributed by atoms with Crippen molar-refractivity contribution in [2.24, 2.45) is 13.0 Å². The van der Waals surface area contributed by atoms with Crippen molar-refractivity contribution in [2.75, 3.05) is 13.1 Å². The number of alkyl halides is 3. The molecular weight excluding hydrogens is 341 g/mol. The molecule has 1 aliphatic heterocycles. The predicted octanol–water partition coefficient (Wildman–Crippen LogP) is 5.49. The summed E-state index contributed by atoms with van der Waals surface area (Å²) in [5.74, 6) is 0.350. The number of hydrogen-bond donors (Lipinski definition) is 0. The number of likely N-dealkylation sites (tertiary alicyclic amines) is 1. The van der Waals surface area contributed by atoms with E-state index in [-0.39, 0.29) is 5.91 Å². The van der Waals surface area contributed by atoms with E-state index >= 15 is 0 Å². The van der Waals surface area contributed by atoms with Gasteiger partial charge in [-0.2, -0.15) is 13.2 Å². The van der Waals surface area contributed by atoms with Gasteiger partial charge in [0.1, 0.15) is 5.69 Å². The quantitative estimate of drug-likeness (QED) is 0.654. The average molecular weight is 368 g/mol. The van der Waals surface area contributed by atoms with Crippen molar-refractivity contribution in [1.29, 1.82) is 0 Å². The van der Waals surface area contributed by atoms with E-state index in [2.05, 4.69) is 20.8 Å². The largest absolute Gasteiger partial charge is 0.416 e. The van der Waals surface area contributed by atoms with Crippen molar-refractivity contribution in [2.45, 2.75) is 46.2 Å². The first-order chi connectivity index (χ1) is 12.2. The second-order valence-corrected chi connectivity index (χ2v) is 7.07. The van der Waals surface area contributed by atoms with E-state index in [1.165, 1.54) is 12.5 Å². The first-order valence-electron chi connectivity index (χ1n) is 9.15. The zero-order valence-electron chi connectivity index (χ0n) is 15.9. The first-order valence-corrected chi connectivity index (χ1v) is 9.15.